The molecule has 2 aromatic rings. The average Bonchev–Trinajstić information content (AvgIpc) is 2.98. The van der Waals surface area contributed by atoms with E-state index in [0.29, 0.717) is 28.4 Å². The molecule has 156 valence electrons. The molecule has 0 bridgehead atoms. The molecule has 0 fully saturated rings. The fourth-order valence-corrected chi connectivity index (χ4v) is 3.56. The van der Waals surface area contributed by atoms with Crippen molar-refractivity contribution in [1.29, 1.82) is 0 Å². The summed E-state index contributed by atoms with van der Waals surface area (Å²) in [6.07, 6.45) is 1.67. The van der Waals surface area contributed by atoms with Crippen LogP contribution in [-0.4, -0.2) is 32.7 Å². The van der Waals surface area contributed by atoms with Crippen LogP contribution in [0.15, 0.2) is 63.8 Å². The predicted octanol–water partition coefficient (Wildman–Crippen LogP) is 4.73. The number of benzene rings is 2. The fourth-order valence-electron chi connectivity index (χ4n) is 3.29. The first-order valence-electron chi connectivity index (χ1n) is 9.33. The van der Waals surface area contributed by atoms with E-state index in [4.69, 9.17) is 14.2 Å². The second kappa shape index (κ2) is 9.17. The SMILES string of the molecule is CCOC(=O)C1=C(C)N(c2ccc(Br)cc2)C(=O)/C1=C\c1ccc(OC)c(OC)c1. The lowest BCUT2D eigenvalue weighted by molar-refractivity contribution is -0.138. The molecule has 30 heavy (non-hydrogen) atoms. The molecule has 0 saturated carbocycles. The van der Waals surface area contributed by atoms with Crippen LogP contribution in [-0.2, 0) is 14.3 Å². The number of carbonyl (C=O) groups is 2. The van der Waals surface area contributed by atoms with Crippen molar-refractivity contribution in [2.45, 2.75) is 13.8 Å². The summed E-state index contributed by atoms with van der Waals surface area (Å²) in [5.41, 5.74) is 2.40. The number of amides is 1. The molecule has 6 nitrogen and oxygen atoms in total. The lowest BCUT2D eigenvalue weighted by Gasteiger charge is -2.18. The van der Waals surface area contributed by atoms with Crippen LogP contribution in [0.5, 0.6) is 11.5 Å². The van der Waals surface area contributed by atoms with Crippen molar-refractivity contribution in [2.24, 2.45) is 0 Å². The predicted molar refractivity (Wildman–Crippen MR) is 118 cm³/mol. The maximum atomic E-state index is 13.3. The number of rotatable bonds is 6. The van der Waals surface area contributed by atoms with E-state index in [0.717, 1.165) is 4.47 Å². The van der Waals surface area contributed by atoms with Crippen LogP contribution in [0, 0.1) is 0 Å². The number of allylic oxidation sites excluding steroid dienone is 1. The van der Waals surface area contributed by atoms with Gasteiger partial charge in [-0.25, -0.2) is 4.79 Å². The second-order valence-electron chi connectivity index (χ2n) is 6.47. The number of nitrogens with zero attached hydrogens (tertiary/aromatic N) is 1. The summed E-state index contributed by atoms with van der Waals surface area (Å²) >= 11 is 3.40. The Bertz CT molecular complexity index is 1040. The van der Waals surface area contributed by atoms with Crippen LogP contribution in [0.2, 0.25) is 0 Å². The molecule has 0 saturated heterocycles. The topological polar surface area (TPSA) is 65.1 Å². The third-order valence-electron chi connectivity index (χ3n) is 4.68. The van der Waals surface area contributed by atoms with Gasteiger partial charge in [0.05, 0.1) is 32.0 Å². The number of methoxy groups -OCH3 is 2. The van der Waals surface area contributed by atoms with Crippen LogP contribution >= 0.6 is 15.9 Å². The van der Waals surface area contributed by atoms with Gasteiger partial charge in [-0.1, -0.05) is 22.0 Å². The minimum Gasteiger partial charge on any atom is -0.493 e. The monoisotopic (exact) mass is 471 g/mol. The number of ether oxygens (including phenoxy) is 3. The van der Waals surface area contributed by atoms with E-state index in [1.54, 1.807) is 52.3 Å². The Morgan fingerprint density at radius 2 is 1.73 bits per heavy atom. The van der Waals surface area contributed by atoms with Crippen LogP contribution in [0.3, 0.4) is 0 Å². The Morgan fingerprint density at radius 3 is 2.33 bits per heavy atom. The summed E-state index contributed by atoms with van der Waals surface area (Å²) in [4.78, 5) is 27.6. The molecular weight excluding hydrogens is 450 g/mol. The van der Waals surface area contributed by atoms with Crippen molar-refractivity contribution in [1.82, 2.24) is 0 Å². The van der Waals surface area contributed by atoms with Crippen molar-refractivity contribution < 1.29 is 23.8 Å². The third kappa shape index (κ3) is 4.11. The molecule has 0 N–H and O–H groups in total. The first kappa shape index (κ1) is 21.6. The molecule has 0 spiro atoms. The van der Waals surface area contributed by atoms with Crippen molar-refractivity contribution in [3.63, 3.8) is 0 Å². The molecule has 0 atom stereocenters. The summed E-state index contributed by atoms with van der Waals surface area (Å²) in [6.45, 7) is 3.68. The minimum atomic E-state index is -0.533. The molecule has 0 radical (unpaired) electrons. The normalized spacial score (nSPS) is 15.0. The number of carbonyl (C=O) groups excluding carboxylic acids is 2. The second-order valence-corrected chi connectivity index (χ2v) is 7.39. The largest absolute Gasteiger partial charge is 0.493 e. The van der Waals surface area contributed by atoms with E-state index in [-0.39, 0.29) is 23.7 Å². The highest BCUT2D eigenvalue weighted by Gasteiger charge is 2.38. The van der Waals surface area contributed by atoms with Crippen molar-refractivity contribution >= 4 is 39.6 Å². The maximum absolute atomic E-state index is 13.3. The van der Waals surface area contributed by atoms with E-state index < -0.39 is 5.97 Å². The van der Waals surface area contributed by atoms with Crippen molar-refractivity contribution in [2.75, 3.05) is 25.7 Å². The highest BCUT2D eigenvalue weighted by atomic mass is 79.9. The quantitative estimate of drug-likeness (QED) is 0.449. The molecule has 1 aliphatic rings. The van der Waals surface area contributed by atoms with Crippen LogP contribution in [0.4, 0.5) is 5.69 Å². The van der Waals surface area contributed by atoms with Gasteiger partial charge in [-0.15, -0.1) is 0 Å². The molecule has 1 heterocycles. The highest BCUT2D eigenvalue weighted by molar-refractivity contribution is 9.10. The number of anilines is 1. The molecular formula is C23H22BrNO5. The Labute approximate surface area is 183 Å². The zero-order valence-corrected chi connectivity index (χ0v) is 18.8. The number of hydrogen-bond donors (Lipinski definition) is 0. The van der Waals surface area contributed by atoms with Gasteiger partial charge in [-0.05, 0) is 61.9 Å². The van der Waals surface area contributed by atoms with Gasteiger partial charge in [0, 0.05) is 15.9 Å². The van der Waals surface area contributed by atoms with E-state index in [9.17, 15) is 9.59 Å². The average molecular weight is 472 g/mol. The van der Waals surface area contributed by atoms with Gasteiger partial charge < -0.3 is 14.2 Å². The van der Waals surface area contributed by atoms with E-state index in [2.05, 4.69) is 15.9 Å². The number of esters is 1. The fraction of sp³-hybridized carbons (Fsp3) is 0.217. The first-order chi connectivity index (χ1) is 14.4. The van der Waals surface area contributed by atoms with Crippen LogP contribution < -0.4 is 14.4 Å². The molecule has 7 heteroatoms. The summed E-state index contributed by atoms with van der Waals surface area (Å²) in [6, 6.07) is 12.6. The zero-order valence-electron chi connectivity index (χ0n) is 17.2. The zero-order chi connectivity index (χ0) is 21.8. The van der Waals surface area contributed by atoms with Gasteiger partial charge in [0.25, 0.3) is 5.91 Å². The molecule has 3 rings (SSSR count). The van der Waals surface area contributed by atoms with Gasteiger partial charge in [0.1, 0.15) is 0 Å². The molecule has 0 aliphatic carbocycles. The van der Waals surface area contributed by atoms with Gasteiger partial charge in [0.15, 0.2) is 11.5 Å². The lowest BCUT2D eigenvalue weighted by Crippen LogP contribution is -2.24. The lowest BCUT2D eigenvalue weighted by atomic mass is 10.0. The van der Waals surface area contributed by atoms with Gasteiger partial charge in [0.2, 0.25) is 0 Å². The van der Waals surface area contributed by atoms with Gasteiger partial charge in [-0.2, -0.15) is 0 Å². The number of hydrogen-bond acceptors (Lipinski definition) is 5. The number of halogens is 1. The van der Waals surface area contributed by atoms with Crippen molar-refractivity contribution in [3.05, 3.63) is 69.3 Å². The molecule has 0 unspecified atom stereocenters. The van der Waals surface area contributed by atoms with Crippen molar-refractivity contribution in [3.8, 4) is 11.5 Å². The Morgan fingerprint density at radius 1 is 1.07 bits per heavy atom. The minimum absolute atomic E-state index is 0.214. The van der Waals surface area contributed by atoms with Gasteiger partial charge in [-0.3, -0.25) is 9.69 Å². The first-order valence-corrected chi connectivity index (χ1v) is 10.1. The smallest absolute Gasteiger partial charge is 0.340 e. The Kier molecular flexibility index (Phi) is 6.62. The van der Waals surface area contributed by atoms with E-state index in [1.807, 2.05) is 24.3 Å². The van der Waals surface area contributed by atoms with Gasteiger partial charge >= 0.3 is 5.97 Å². The molecule has 0 aromatic heterocycles. The van der Waals surface area contributed by atoms with E-state index in [1.165, 1.54) is 4.90 Å². The summed E-state index contributed by atoms with van der Waals surface area (Å²) < 4.78 is 16.7. The van der Waals surface area contributed by atoms with Crippen LogP contribution in [0.1, 0.15) is 19.4 Å². The standard InChI is InChI=1S/C23H22BrNO5/c1-5-30-23(27)21-14(2)25(17-9-7-16(24)8-10-17)22(26)18(21)12-15-6-11-19(28-3)20(13-15)29-4/h6-13H,5H2,1-4H3/b18-12-. The molecule has 1 aliphatic heterocycles. The Balaban J connectivity index is 2.12. The summed E-state index contributed by atoms with van der Waals surface area (Å²) in [5, 5.41) is 0. The Hall–Kier alpha value is -3.06. The molecule has 1 amide bonds. The van der Waals surface area contributed by atoms with Crippen LogP contribution in [0.25, 0.3) is 6.08 Å². The molecule has 2 aromatic carbocycles. The highest BCUT2D eigenvalue weighted by Crippen LogP contribution is 2.37. The third-order valence-corrected chi connectivity index (χ3v) is 5.21. The van der Waals surface area contributed by atoms with E-state index >= 15 is 0 Å². The maximum Gasteiger partial charge on any atom is 0.340 e. The summed E-state index contributed by atoms with van der Waals surface area (Å²) in [7, 11) is 3.09. The summed E-state index contributed by atoms with van der Waals surface area (Å²) in [5.74, 6) is 0.272.